The Labute approximate surface area is 148 Å². The molecule has 0 aliphatic carbocycles. The van der Waals surface area contributed by atoms with Crippen molar-refractivity contribution in [3.05, 3.63) is 76.7 Å². The number of rotatable bonds is 3. The Morgan fingerprint density at radius 1 is 1.08 bits per heavy atom. The quantitative estimate of drug-likeness (QED) is 0.791. The van der Waals surface area contributed by atoms with Gasteiger partial charge in [0.15, 0.2) is 0 Å². The van der Waals surface area contributed by atoms with Crippen LogP contribution in [0.1, 0.15) is 17.2 Å². The summed E-state index contributed by atoms with van der Waals surface area (Å²) in [7, 11) is 0. The molecule has 0 saturated carbocycles. The SMILES string of the molecule is O=C1NC2=C(C(=O)N(Cc3ccc(F)cc3)C2)[C@@H](c2ccc(O)cc2)N1. The van der Waals surface area contributed by atoms with Gasteiger partial charge in [-0.05, 0) is 35.4 Å². The van der Waals surface area contributed by atoms with Gasteiger partial charge in [-0.1, -0.05) is 24.3 Å². The lowest BCUT2D eigenvalue weighted by Gasteiger charge is -2.25. The van der Waals surface area contributed by atoms with E-state index in [0.717, 1.165) is 5.56 Å². The molecule has 2 heterocycles. The fourth-order valence-electron chi connectivity index (χ4n) is 3.28. The summed E-state index contributed by atoms with van der Waals surface area (Å²) in [5, 5.41) is 14.9. The number of phenolic OH excluding ortho intramolecular Hbond substituents is 1. The summed E-state index contributed by atoms with van der Waals surface area (Å²) < 4.78 is 13.1. The molecule has 7 heteroatoms. The zero-order valence-corrected chi connectivity index (χ0v) is 13.7. The topological polar surface area (TPSA) is 81.7 Å². The number of carbonyl (C=O) groups is 2. The molecule has 26 heavy (non-hydrogen) atoms. The maximum atomic E-state index is 13.1. The number of urea groups is 1. The third kappa shape index (κ3) is 2.88. The molecule has 2 aromatic rings. The van der Waals surface area contributed by atoms with Gasteiger partial charge in [0.25, 0.3) is 5.91 Å². The molecule has 2 aliphatic rings. The van der Waals surface area contributed by atoms with Crippen molar-refractivity contribution in [2.75, 3.05) is 6.54 Å². The maximum absolute atomic E-state index is 13.1. The number of aromatic hydroxyl groups is 1. The number of nitrogens with zero attached hydrogens (tertiary/aromatic N) is 1. The Balaban J connectivity index is 1.61. The predicted octanol–water partition coefficient (Wildman–Crippen LogP) is 2.18. The van der Waals surface area contributed by atoms with Crippen molar-refractivity contribution < 1.29 is 19.1 Å². The van der Waals surface area contributed by atoms with E-state index in [-0.39, 0.29) is 30.0 Å². The second kappa shape index (κ2) is 6.18. The van der Waals surface area contributed by atoms with Gasteiger partial charge in [0.1, 0.15) is 11.6 Å². The molecule has 1 atom stereocenters. The zero-order chi connectivity index (χ0) is 18.3. The maximum Gasteiger partial charge on any atom is 0.319 e. The summed E-state index contributed by atoms with van der Waals surface area (Å²) >= 11 is 0. The average Bonchev–Trinajstić information content (AvgIpc) is 2.92. The molecular formula is C19H16FN3O3. The fraction of sp³-hybridized carbons (Fsp3) is 0.158. The van der Waals surface area contributed by atoms with Gasteiger partial charge < -0.3 is 20.6 Å². The van der Waals surface area contributed by atoms with E-state index >= 15 is 0 Å². The minimum Gasteiger partial charge on any atom is -0.508 e. The molecule has 0 aromatic heterocycles. The average molecular weight is 353 g/mol. The van der Waals surface area contributed by atoms with Crippen LogP contribution in [0.25, 0.3) is 0 Å². The Kier molecular flexibility index (Phi) is 3.84. The first-order valence-corrected chi connectivity index (χ1v) is 8.14. The lowest BCUT2D eigenvalue weighted by atomic mass is 9.96. The van der Waals surface area contributed by atoms with Gasteiger partial charge in [0.2, 0.25) is 0 Å². The first-order chi connectivity index (χ1) is 12.5. The monoisotopic (exact) mass is 353 g/mol. The predicted molar refractivity (Wildman–Crippen MR) is 91.4 cm³/mol. The van der Waals surface area contributed by atoms with Gasteiger partial charge in [0, 0.05) is 6.54 Å². The molecule has 6 nitrogen and oxygen atoms in total. The van der Waals surface area contributed by atoms with Gasteiger partial charge in [0.05, 0.1) is 23.9 Å². The molecule has 0 spiro atoms. The van der Waals surface area contributed by atoms with Crippen molar-refractivity contribution in [2.24, 2.45) is 0 Å². The van der Waals surface area contributed by atoms with Crippen molar-refractivity contribution in [3.8, 4) is 5.75 Å². The third-order valence-corrected chi connectivity index (χ3v) is 4.53. The van der Waals surface area contributed by atoms with Crippen LogP contribution in [0.3, 0.4) is 0 Å². The van der Waals surface area contributed by atoms with Crippen molar-refractivity contribution in [2.45, 2.75) is 12.6 Å². The van der Waals surface area contributed by atoms with E-state index in [1.807, 2.05) is 0 Å². The van der Waals surface area contributed by atoms with Gasteiger partial charge in [-0.25, -0.2) is 9.18 Å². The molecule has 0 bridgehead atoms. The Bertz CT molecular complexity index is 907. The fourth-order valence-corrected chi connectivity index (χ4v) is 3.28. The summed E-state index contributed by atoms with van der Waals surface area (Å²) in [5.41, 5.74) is 2.57. The molecule has 2 aromatic carbocycles. The molecule has 0 saturated heterocycles. The lowest BCUT2D eigenvalue weighted by Crippen LogP contribution is -2.44. The molecular weight excluding hydrogens is 337 g/mol. The third-order valence-electron chi connectivity index (χ3n) is 4.53. The number of carbonyl (C=O) groups excluding carboxylic acids is 2. The van der Waals surface area contributed by atoms with E-state index in [1.165, 1.54) is 24.3 Å². The Morgan fingerprint density at radius 3 is 2.46 bits per heavy atom. The standard InChI is InChI=1S/C19H16FN3O3/c20-13-5-1-11(2-6-13)9-23-10-15-16(18(23)25)17(22-19(26)21-15)12-3-7-14(24)8-4-12/h1-8,17,24H,9-10H2,(H2,21,22,26)/t17-/m1/s1. The van der Waals surface area contributed by atoms with Crippen LogP contribution in [0.2, 0.25) is 0 Å². The first-order valence-electron chi connectivity index (χ1n) is 8.14. The number of phenols is 1. The summed E-state index contributed by atoms with van der Waals surface area (Å²) in [6.45, 7) is 0.609. The highest BCUT2D eigenvalue weighted by atomic mass is 19.1. The van der Waals surface area contributed by atoms with Crippen molar-refractivity contribution in [1.82, 2.24) is 15.5 Å². The highest BCUT2D eigenvalue weighted by molar-refractivity contribution is 6.01. The number of benzene rings is 2. The molecule has 0 unspecified atom stereocenters. The van der Waals surface area contributed by atoms with Crippen LogP contribution in [0.4, 0.5) is 9.18 Å². The second-order valence-corrected chi connectivity index (χ2v) is 6.30. The van der Waals surface area contributed by atoms with Crippen LogP contribution >= 0.6 is 0 Å². The van der Waals surface area contributed by atoms with Crippen LogP contribution in [0, 0.1) is 5.82 Å². The first kappa shape index (κ1) is 16.1. The highest BCUT2D eigenvalue weighted by Gasteiger charge is 2.40. The van der Waals surface area contributed by atoms with Crippen LogP contribution in [-0.4, -0.2) is 28.5 Å². The highest BCUT2D eigenvalue weighted by Crippen LogP contribution is 2.33. The van der Waals surface area contributed by atoms with Crippen LogP contribution in [0.5, 0.6) is 5.75 Å². The van der Waals surface area contributed by atoms with Gasteiger partial charge in [-0.3, -0.25) is 4.79 Å². The minimum atomic E-state index is -0.579. The van der Waals surface area contributed by atoms with Gasteiger partial charge in [-0.15, -0.1) is 0 Å². The molecule has 4 rings (SSSR count). The van der Waals surface area contributed by atoms with E-state index in [0.29, 0.717) is 23.4 Å². The molecule has 0 fully saturated rings. The second-order valence-electron chi connectivity index (χ2n) is 6.30. The number of halogens is 1. The molecule has 132 valence electrons. The van der Waals surface area contributed by atoms with E-state index in [1.54, 1.807) is 29.2 Å². The number of nitrogens with one attached hydrogen (secondary N) is 2. The van der Waals surface area contributed by atoms with Crippen molar-refractivity contribution in [1.29, 1.82) is 0 Å². The molecule has 2 aliphatic heterocycles. The number of hydrogen-bond donors (Lipinski definition) is 3. The Hall–Kier alpha value is -3.35. The van der Waals surface area contributed by atoms with Crippen molar-refractivity contribution in [3.63, 3.8) is 0 Å². The van der Waals surface area contributed by atoms with E-state index in [9.17, 15) is 19.1 Å². The van der Waals surface area contributed by atoms with E-state index in [4.69, 9.17) is 0 Å². The number of amides is 3. The number of hydrogen-bond acceptors (Lipinski definition) is 3. The van der Waals surface area contributed by atoms with Gasteiger partial charge >= 0.3 is 6.03 Å². The smallest absolute Gasteiger partial charge is 0.319 e. The Morgan fingerprint density at radius 2 is 1.77 bits per heavy atom. The summed E-state index contributed by atoms with van der Waals surface area (Å²) in [6.07, 6.45) is 0. The molecule has 3 N–H and O–H groups in total. The molecule has 3 amide bonds. The van der Waals surface area contributed by atoms with Crippen LogP contribution < -0.4 is 10.6 Å². The summed E-state index contributed by atoms with van der Waals surface area (Å²) in [5.74, 6) is -0.406. The lowest BCUT2D eigenvalue weighted by molar-refractivity contribution is -0.126. The summed E-state index contributed by atoms with van der Waals surface area (Å²) in [6, 6.07) is 11.4. The molecule has 0 radical (unpaired) electrons. The normalized spacial score (nSPS) is 19.3. The van der Waals surface area contributed by atoms with Crippen molar-refractivity contribution >= 4 is 11.9 Å². The van der Waals surface area contributed by atoms with E-state index < -0.39 is 6.04 Å². The largest absolute Gasteiger partial charge is 0.508 e. The van der Waals surface area contributed by atoms with Crippen LogP contribution in [-0.2, 0) is 11.3 Å². The van der Waals surface area contributed by atoms with Crippen LogP contribution in [0.15, 0.2) is 59.8 Å². The zero-order valence-electron chi connectivity index (χ0n) is 13.7. The summed E-state index contributed by atoms with van der Waals surface area (Å²) in [4.78, 5) is 26.5. The minimum absolute atomic E-state index is 0.110. The van der Waals surface area contributed by atoms with E-state index in [2.05, 4.69) is 10.6 Å². The van der Waals surface area contributed by atoms with Gasteiger partial charge in [-0.2, -0.15) is 0 Å².